The van der Waals surface area contributed by atoms with E-state index in [4.69, 9.17) is 4.74 Å². The first-order valence-corrected chi connectivity index (χ1v) is 7.41. The molecule has 0 radical (unpaired) electrons. The van der Waals surface area contributed by atoms with Gasteiger partial charge in [0.1, 0.15) is 5.82 Å². The van der Waals surface area contributed by atoms with Crippen molar-refractivity contribution in [2.45, 2.75) is 13.0 Å². The fourth-order valence-corrected chi connectivity index (χ4v) is 2.63. The van der Waals surface area contributed by atoms with E-state index in [2.05, 4.69) is 6.07 Å². The van der Waals surface area contributed by atoms with Gasteiger partial charge in [-0.1, -0.05) is 36.4 Å². The largest absolute Gasteiger partial charge is 0.452 e. The SMILES string of the molecule is O=C(OCC(=O)N1CCc2ccccc2C1)c1ccccc1F. The van der Waals surface area contributed by atoms with Crippen LogP contribution in [0.1, 0.15) is 21.5 Å². The summed E-state index contributed by atoms with van der Waals surface area (Å²) in [6.07, 6.45) is 0.781. The van der Waals surface area contributed by atoms with Crippen LogP contribution in [0.2, 0.25) is 0 Å². The van der Waals surface area contributed by atoms with E-state index in [9.17, 15) is 14.0 Å². The highest BCUT2D eigenvalue weighted by atomic mass is 19.1. The zero-order chi connectivity index (χ0) is 16.2. The summed E-state index contributed by atoms with van der Waals surface area (Å²) < 4.78 is 18.4. The Hall–Kier alpha value is -2.69. The molecule has 1 amide bonds. The van der Waals surface area contributed by atoms with Gasteiger partial charge in [0.15, 0.2) is 6.61 Å². The average Bonchev–Trinajstić information content (AvgIpc) is 2.59. The van der Waals surface area contributed by atoms with Gasteiger partial charge in [-0.15, -0.1) is 0 Å². The van der Waals surface area contributed by atoms with Gasteiger partial charge in [0.2, 0.25) is 0 Å². The summed E-state index contributed by atoms with van der Waals surface area (Å²) in [6.45, 7) is 0.717. The highest BCUT2D eigenvalue weighted by Crippen LogP contribution is 2.18. The van der Waals surface area contributed by atoms with E-state index < -0.39 is 11.8 Å². The first kappa shape index (κ1) is 15.2. The van der Waals surface area contributed by atoms with Crippen molar-refractivity contribution in [1.82, 2.24) is 4.90 Å². The van der Waals surface area contributed by atoms with Gasteiger partial charge < -0.3 is 9.64 Å². The normalized spacial score (nSPS) is 13.3. The van der Waals surface area contributed by atoms with Gasteiger partial charge in [-0.2, -0.15) is 0 Å². The monoisotopic (exact) mass is 313 g/mol. The maximum Gasteiger partial charge on any atom is 0.341 e. The lowest BCUT2D eigenvalue weighted by atomic mass is 10.00. The number of rotatable bonds is 3. The Morgan fingerprint density at radius 2 is 1.74 bits per heavy atom. The molecule has 2 aromatic rings. The highest BCUT2D eigenvalue weighted by Gasteiger charge is 2.22. The molecule has 118 valence electrons. The maximum atomic E-state index is 13.5. The number of carbonyl (C=O) groups excluding carboxylic acids is 2. The zero-order valence-corrected chi connectivity index (χ0v) is 12.5. The molecule has 0 aromatic heterocycles. The molecule has 4 nitrogen and oxygen atoms in total. The average molecular weight is 313 g/mol. The summed E-state index contributed by atoms with van der Waals surface area (Å²) in [5, 5.41) is 0. The predicted molar refractivity (Wildman–Crippen MR) is 82.2 cm³/mol. The zero-order valence-electron chi connectivity index (χ0n) is 12.5. The van der Waals surface area contributed by atoms with Gasteiger partial charge in [0, 0.05) is 13.1 Å². The third-order valence-electron chi connectivity index (χ3n) is 3.90. The van der Waals surface area contributed by atoms with Gasteiger partial charge in [-0.05, 0) is 29.7 Å². The van der Waals surface area contributed by atoms with Gasteiger partial charge in [0.05, 0.1) is 5.56 Å². The second-order valence-electron chi connectivity index (χ2n) is 5.39. The molecular formula is C18H16FNO3. The van der Waals surface area contributed by atoms with Gasteiger partial charge in [-0.3, -0.25) is 4.79 Å². The third-order valence-corrected chi connectivity index (χ3v) is 3.90. The Bertz CT molecular complexity index is 745. The van der Waals surface area contributed by atoms with Crippen LogP contribution in [0, 0.1) is 5.82 Å². The number of fused-ring (bicyclic) bond motifs is 1. The quantitative estimate of drug-likeness (QED) is 0.818. The lowest BCUT2D eigenvalue weighted by Gasteiger charge is -2.28. The molecule has 0 saturated carbocycles. The standard InChI is InChI=1S/C18H16FNO3/c19-16-8-4-3-7-15(16)18(22)23-12-17(21)20-10-9-13-5-1-2-6-14(13)11-20/h1-8H,9-12H2. The number of hydrogen-bond donors (Lipinski definition) is 0. The predicted octanol–water partition coefficient (Wildman–Crippen LogP) is 2.57. The van der Waals surface area contributed by atoms with Crippen molar-refractivity contribution in [3.63, 3.8) is 0 Å². The molecule has 0 bridgehead atoms. The highest BCUT2D eigenvalue weighted by molar-refractivity contribution is 5.91. The van der Waals surface area contributed by atoms with E-state index in [1.807, 2.05) is 18.2 Å². The molecule has 0 spiro atoms. The number of amides is 1. The molecule has 0 fully saturated rings. The fraction of sp³-hybridized carbons (Fsp3) is 0.222. The van der Waals surface area contributed by atoms with Crippen molar-refractivity contribution in [2.75, 3.05) is 13.2 Å². The van der Waals surface area contributed by atoms with Crippen LogP contribution < -0.4 is 0 Å². The van der Waals surface area contributed by atoms with E-state index >= 15 is 0 Å². The van der Waals surface area contributed by atoms with Gasteiger partial charge in [-0.25, -0.2) is 9.18 Å². The molecule has 3 rings (SSSR count). The molecule has 1 aliphatic rings. The molecule has 0 N–H and O–H groups in total. The first-order valence-electron chi connectivity index (χ1n) is 7.41. The summed E-state index contributed by atoms with van der Waals surface area (Å²) in [7, 11) is 0. The minimum atomic E-state index is -0.825. The molecule has 1 heterocycles. The Kier molecular flexibility index (Phi) is 4.37. The van der Waals surface area contributed by atoms with E-state index in [1.165, 1.54) is 23.8 Å². The number of hydrogen-bond acceptors (Lipinski definition) is 3. The molecule has 0 unspecified atom stereocenters. The minimum absolute atomic E-state index is 0.163. The fourth-order valence-electron chi connectivity index (χ4n) is 2.63. The number of carbonyl (C=O) groups is 2. The molecule has 2 aromatic carbocycles. The summed E-state index contributed by atoms with van der Waals surface area (Å²) >= 11 is 0. The lowest BCUT2D eigenvalue weighted by Crippen LogP contribution is -2.38. The van der Waals surface area contributed by atoms with Crippen LogP contribution in [0.5, 0.6) is 0 Å². The number of esters is 1. The summed E-state index contributed by atoms with van der Waals surface area (Å²) in [6, 6.07) is 13.5. The molecule has 0 atom stereocenters. The second kappa shape index (κ2) is 6.60. The van der Waals surface area contributed by atoms with Crippen LogP contribution in [-0.4, -0.2) is 29.9 Å². The Morgan fingerprint density at radius 3 is 2.52 bits per heavy atom. The van der Waals surface area contributed by atoms with Crippen molar-refractivity contribution in [3.8, 4) is 0 Å². The molecule has 1 aliphatic heterocycles. The summed E-state index contributed by atoms with van der Waals surface area (Å²) in [5.74, 6) is -1.75. The third kappa shape index (κ3) is 3.39. The van der Waals surface area contributed by atoms with E-state index in [0.717, 1.165) is 12.0 Å². The van der Waals surface area contributed by atoms with Crippen molar-refractivity contribution >= 4 is 11.9 Å². The van der Waals surface area contributed by atoms with Gasteiger partial charge in [0.25, 0.3) is 5.91 Å². The number of halogens is 1. The Labute approximate surface area is 133 Å². The van der Waals surface area contributed by atoms with Crippen LogP contribution >= 0.6 is 0 Å². The summed E-state index contributed by atoms with van der Waals surface area (Å²) in [5.41, 5.74) is 2.18. The second-order valence-corrected chi connectivity index (χ2v) is 5.39. The van der Waals surface area contributed by atoms with Crippen LogP contribution in [0.15, 0.2) is 48.5 Å². The number of benzene rings is 2. The number of nitrogens with zero attached hydrogens (tertiary/aromatic N) is 1. The summed E-state index contributed by atoms with van der Waals surface area (Å²) in [4.78, 5) is 25.7. The van der Waals surface area contributed by atoms with E-state index in [1.54, 1.807) is 11.0 Å². The van der Waals surface area contributed by atoms with Crippen molar-refractivity contribution in [1.29, 1.82) is 0 Å². The smallest absolute Gasteiger partial charge is 0.341 e. The van der Waals surface area contributed by atoms with Crippen LogP contribution in [0.25, 0.3) is 0 Å². The number of ether oxygens (including phenoxy) is 1. The van der Waals surface area contributed by atoms with Crippen molar-refractivity contribution < 1.29 is 18.7 Å². The molecule has 23 heavy (non-hydrogen) atoms. The van der Waals surface area contributed by atoms with Crippen LogP contribution in [0.3, 0.4) is 0 Å². The lowest BCUT2D eigenvalue weighted by molar-refractivity contribution is -0.135. The Balaban J connectivity index is 1.58. The molecule has 5 heteroatoms. The van der Waals surface area contributed by atoms with Crippen LogP contribution in [0.4, 0.5) is 4.39 Å². The molecule has 0 aliphatic carbocycles. The van der Waals surface area contributed by atoms with E-state index in [-0.39, 0.29) is 18.1 Å². The molecular weight excluding hydrogens is 297 g/mol. The topological polar surface area (TPSA) is 46.6 Å². The van der Waals surface area contributed by atoms with Crippen LogP contribution in [-0.2, 0) is 22.5 Å². The van der Waals surface area contributed by atoms with Gasteiger partial charge >= 0.3 is 5.97 Å². The van der Waals surface area contributed by atoms with Crippen molar-refractivity contribution in [2.24, 2.45) is 0 Å². The van der Waals surface area contributed by atoms with E-state index in [0.29, 0.717) is 13.1 Å². The Morgan fingerprint density at radius 1 is 1.04 bits per heavy atom. The van der Waals surface area contributed by atoms with Crippen molar-refractivity contribution in [3.05, 3.63) is 71.0 Å². The maximum absolute atomic E-state index is 13.5. The minimum Gasteiger partial charge on any atom is -0.452 e. The first-order chi connectivity index (χ1) is 11.1. The molecule has 0 saturated heterocycles.